The zero-order valence-corrected chi connectivity index (χ0v) is 15.6. The van der Waals surface area contributed by atoms with Crippen molar-refractivity contribution in [3.8, 4) is 0 Å². The van der Waals surface area contributed by atoms with E-state index in [1.807, 2.05) is 35.2 Å². The molecule has 0 radical (unpaired) electrons. The van der Waals surface area contributed by atoms with Gasteiger partial charge in [0.05, 0.1) is 17.1 Å². The third-order valence-corrected chi connectivity index (χ3v) is 4.32. The summed E-state index contributed by atoms with van der Waals surface area (Å²) in [7, 11) is 0. The van der Waals surface area contributed by atoms with Crippen LogP contribution in [0.2, 0.25) is 0 Å². The first kappa shape index (κ1) is 19.3. The van der Waals surface area contributed by atoms with Gasteiger partial charge < -0.3 is 9.64 Å². The number of aliphatic imine (C=N–C) groups is 1. The van der Waals surface area contributed by atoms with Gasteiger partial charge in [0.15, 0.2) is 0 Å². The second-order valence-electron chi connectivity index (χ2n) is 6.26. The van der Waals surface area contributed by atoms with Gasteiger partial charge in [-0.3, -0.25) is 10.1 Å². The summed E-state index contributed by atoms with van der Waals surface area (Å²) in [6.07, 6.45) is 2.70. The van der Waals surface area contributed by atoms with E-state index in [2.05, 4.69) is 4.99 Å². The predicted molar refractivity (Wildman–Crippen MR) is 106 cm³/mol. The Hall–Kier alpha value is -3.48. The number of amidine groups is 1. The van der Waals surface area contributed by atoms with E-state index >= 15 is 0 Å². The third-order valence-electron chi connectivity index (χ3n) is 4.32. The van der Waals surface area contributed by atoms with Gasteiger partial charge in [0.25, 0.3) is 5.69 Å². The van der Waals surface area contributed by atoms with Gasteiger partial charge in [-0.05, 0) is 25.0 Å². The maximum atomic E-state index is 12.2. The minimum Gasteiger partial charge on any atom is -0.463 e. The molecule has 0 saturated heterocycles. The molecule has 0 bridgehead atoms. The zero-order valence-electron chi connectivity index (χ0n) is 15.6. The van der Waals surface area contributed by atoms with Crippen LogP contribution >= 0.6 is 0 Å². The number of carbonyl (C=O) groups excluding carboxylic acids is 1. The summed E-state index contributed by atoms with van der Waals surface area (Å²) in [6, 6.07) is 16.2. The van der Waals surface area contributed by atoms with Crippen LogP contribution in [0.15, 0.2) is 71.4 Å². The number of hydrogen-bond donors (Lipinski definition) is 0. The normalized spacial score (nSPS) is 15.2. The van der Waals surface area contributed by atoms with E-state index in [1.165, 1.54) is 6.07 Å². The summed E-state index contributed by atoms with van der Waals surface area (Å²) in [6.45, 7) is 2.58. The molecule has 1 aliphatic rings. The summed E-state index contributed by atoms with van der Waals surface area (Å²) in [5.41, 5.74) is 1.86. The lowest BCUT2D eigenvalue weighted by Crippen LogP contribution is -2.31. The first-order chi connectivity index (χ1) is 13.6. The van der Waals surface area contributed by atoms with Crippen LogP contribution in [0.4, 0.5) is 11.4 Å². The van der Waals surface area contributed by atoms with E-state index < -0.39 is 4.92 Å². The Morgan fingerprint density at radius 1 is 1.14 bits per heavy atom. The van der Waals surface area contributed by atoms with Crippen molar-refractivity contribution < 1.29 is 14.5 Å². The number of nitro benzene ring substituents is 1. The summed E-state index contributed by atoms with van der Waals surface area (Å²) in [4.78, 5) is 29.4. The molecule has 0 amide bonds. The van der Waals surface area contributed by atoms with E-state index in [4.69, 9.17) is 4.74 Å². The fourth-order valence-corrected chi connectivity index (χ4v) is 2.99. The van der Waals surface area contributed by atoms with E-state index in [-0.39, 0.29) is 11.7 Å². The lowest BCUT2D eigenvalue weighted by atomic mass is 10.1. The van der Waals surface area contributed by atoms with Gasteiger partial charge in [0.1, 0.15) is 11.5 Å². The van der Waals surface area contributed by atoms with E-state index in [1.54, 1.807) is 31.3 Å². The van der Waals surface area contributed by atoms with E-state index in [0.717, 1.165) is 5.56 Å². The molecule has 0 N–H and O–H groups in total. The minimum atomic E-state index is -0.441. The monoisotopic (exact) mass is 379 g/mol. The summed E-state index contributed by atoms with van der Waals surface area (Å²) >= 11 is 0. The van der Waals surface area contributed by atoms with Crippen LogP contribution < -0.4 is 0 Å². The smallest absolute Gasteiger partial charge is 0.335 e. The highest BCUT2D eigenvalue weighted by atomic mass is 16.6. The van der Waals surface area contributed by atoms with Crippen molar-refractivity contribution in [1.29, 1.82) is 0 Å². The van der Waals surface area contributed by atoms with Crippen molar-refractivity contribution in [2.45, 2.75) is 26.3 Å². The Balaban J connectivity index is 1.97. The average Bonchev–Trinajstić information content (AvgIpc) is 2.70. The quantitative estimate of drug-likeness (QED) is 0.423. The largest absolute Gasteiger partial charge is 0.463 e. The first-order valence-corrected chi connectivity index (χ1v) is 9.08. The summed E-state index contributed by atoms with van der Waals surface area (Å²) in [5, 5.41) is 11.3. The number of hydrogen-bond acceptors (Lipinski definition) is 5. The molecule has 1 aliphatic heterocycles. The molecule has 0 atom stereocenters. The van der Waals surface area contributed by atoms with Crippen molar-refractivity contribution >= 4 is 23.2 Å². The van der Waals surface area contributed by atoms with Crippen molar-refractivity contribution in [2.24, 2.45) is 4.99 Å². The van der Waals surface area contributed by atoms with Gasteiger partial charge in [-0.1, -0.05) is 42.5 Å². The highest BCUT2D eigenvalue weighted by Crippen LogP contribution is 2.29. The van der Waals surface area contributed by atoms with Crippen LogP contribution in [0.3, 0.4) is 0 Å². The topological polar surface area (TPSA) is 85.0 Å². The van der Waals surface area contributed by atoms with Crippen molar-refractivity contribution in [1.82, 2.24) is 4.90 Å². The molecule has 0 spiro atoms. The van der Waals surface area contributed by atoms with Crippen LogP contribution in [0, 0.1) is 10.1 Å². The number of ether oxygens (including phenoxy) is 1. The molecule has 0 saturated carbocycles. The first-order valence-electron chi connectivity index (χ1n) is 9.08. The molecular weight excluding hydrogens is 358 g/mol. The van der Waals surface area contributed by atoms with Crippen LogP contribution in [-0.2, 0) is 16.1 Å². The van der Waals surface area contributed by atoms with Gasteiger partial charge >= 0.3 is 5.97 Å². The molecule has 0 aromatic heterocycles. The van der Waals surface area contributed by atoms with Crippen molar-refractivity contribution in [3.63, 3.8) is 0 Å². The van der Waals surface area contributed by atoms with E-state index in [0.29, 0.717) is 43.1 Å². The summed E-state index contributed by atoms with van der Waals surface area (Å²) in [5.74, 6) is 0.330. The third kappa shape index (κ3) is 4.62. The number of para-hydroxylation sites is 2. The fourth-order valence-electron chi connectivity index (χ4n) is 2.99. The highest BCUT2D eigenvalue weighted by Gasteiger charge is 2.23. The molecule has 0 unspecified atom stereocenters. The highest BCUT2D eigenvalue weighted by molar-refractivity contribution is 5.94. The van der Waals surface area contributed by atoms with Crippen LogP contribution in [0.1, 0.15) is 25.3 Å². The van der Waals surface area contributed by atoms with Crippen LogP contribution in [-0.4, -0.2) is 28.2 Å². The molecule has 1 heterocycles. The molecule has 7 nitrogen and oxygen atoms in total. The molecular formula is C21H21N3O4. The fraction of sp³-hybridized carbons (Fsp3) is 0.238. The van der Waals surface area contributed by atoms with Gasteiger partial charge in [-0.15, -0.1) is 0 Å². The SMILES string of the molecule is CCOC(=O)C1=CN(Cc2ccccc2)C(=Nc2ccccc2[N+](=O)[O-])CC1. The number of esters is 1. The second-order valence-corrected chi connectivity index (χ2v) is 6.26. The molecule has 0 aliphatic carbocycles. The molecule has 7 heteroatoms. The Bertz CT molecular complexity index is 922. The standard InChI is InChI=1S/C21H21N3O4/c1-2-28-21(25)17-12-13-20(22-18-10-6-7-11-19(18)24(26)27)23(15-17)14-16-8-4-3-5-9-16/h3-11,15H,2,12-14H2,1H3. The van der Waals surface area contributed by atoms with Crippen molar-refractivity contribution in [3.05, 3.63) is 82.0 Å². The van der Waals surface area contributed by atoms with Crippen LogP contribution in [0.5, 0.6) is 0 Å². The van der Waals surface area contributed by atoms with Gasteiger partial charge in [-0.25, -0.2) is 9.79 Å². The van der Waals surface area contributed by atoms with Gasteiger partial charge in [0.2, 0.25) is 0 Å². The lowest BCUT2D eigenvalue weighted by Gasteiger charge is -2.28. The number of rotatable bonds is 6. The van der Waals surface area contributed by atoms with Gasteiger partial charge in [0, 0.05) is 25.2 Å². The molecule has 2 aromatic carbocycles. The summed E-state index contributed by atoms with van der Waals surface area (Å²) < 4.78 is 5.12. The molecule has 144 valence electrons. The Labute approximate surface area is 163 Å². The second kappa shape index (κ2) is 8.94. The number of carbonyl (C=O) groups is 1. The molecule has 2 aromatic rings. The maximum Gasteiger partial charge on any atom is 0.335 e. The zero-order chi connectivity index (χ0) is 19.9. The Morgan fingerprint density at radius 2 is 1.86 bits per heavy atom. The van der Waals surface area contributed by atoms with Crippen molar-refractivity contribution in [2.75, 3.05) is 6.61 Å². The number of nitro groups is 1. The van der Waals surface area contributed by atoms with E-state index in [9.17, 15) is 14.9 Å². The number of nitrogens with zero attached hydrogens (tertiary/aromatic N) is 3. The van der Waals surface area contributed by atoms with Crippen LogP contribution in [0.25, 0.3) is 0 Å². The molecule has 0 fully saturated rings. The Kier molecular flexibility index (Phi) is 6.16. The predicted octanol–water partition coefficient (Wildman–Crippen LogP) is 4.37. The lowest BCUT2D eigenvalue weighted by molar-refractivity contribution is -0.384. The number of benzene rings is 2. The molecule has 3 rings (SSSR count). The maximum absolute atomic E-state index is 12.2. The minimum absolute atomic E-state index is 0.0465. The average molecular weight is 379 g/mol. The van der Waals surface area contributed by atoms with Gasteiger partial charge in [-0.2, -0.15) is 0 Å². The Morgan fingerprint density at radius 3 is 2.57 bits per heavy atom. The molecule has 28 heavy (non-hydrogen) atoms.